The molecule has 0 aliphatic carbocycles. The highest BCUT2D eigenvalue weighted by atomic mass is 32.2. The van der Waals surface area contributed by atoms with Crippen molar-refractivity contribution in [3.63, 3.8) is 0 Å². The molecule has 0 spiro atoms. The highest BCUT2D eigenvalue weighted by molar-refractivity contribution is 7.89. The summed E-state index contributed by atoms with van der Waals surface area (Å²) in [6, 6.07) is 15.6. The van der Waals surface area contributed by atoms with Gasteiger partial charge in [-0.1, -0.05) is 24.3 Å². The number of carbonyl (C=O) groups excluding carboxylic acids is 1. The lowest BCUT2D eigenvalue weighted by molar-refractivity contribution is 0.0102. The number of carbonyl (C=O) groups is 1. The summed E-state index contributed by atoms with van der Waals surface area (Å²) in [6.45, 7) is 5.22. The fraction of sp³-hybridized carbons (Fsp3) is 0.350. The topological polar surface area (TPSA) is 66.9 Å². The fourth-order valence-corrected chi connectivity index (χ4v) is 4.70. The molecule has 3 rings (SSSR count). The summed E-state index contributed by atoms with van der Waals surface area (Å²) in [5.41, 5.74) is 1.13. The Morgan fingerprint density at radius 3 is 2.59 bits per heavy atom. The van der Waals surface area contributed by atoms with Crippen molar-refractivity contribution < 1.29 is 17.9 Å². The SMILES string of the molecule is CCN(C(=O)c1cccc(S(=O)(=O)N2CCOC(C)C2)c1)c1ccccc1. The molecule has 1 heterocycles. The summed E-state index contributed by atoms with van der Waals surface area (Å²) in [6.07, 6.45) is -0.146. The van der Waals surface area contributed by atoms with Gasteiger partial charge >= 0.3 is 0 Å². The second-order valence-corrected chi connectivity index (χ2v) is 8.40. The van der Waals surface area contributed by atoms with E-state index < -0.39 is 10.0 Å². The molecule has 0 radical (unpaired) electrons. The van der Waals surface area contributed by atoms with Gasteiger partial charge < -0.3 is 9.64 Å². The third-order valence-electron chi connectivity index (χ3n) is 4.55. The van der Waals surface area contributed by atoms with E-state index >= 15 is 0 Å². The van der Waals surface area contributed by atoms with Crippen LogP contribution in [0.15, 0.2) is 59.5 Å². The molecule has 1 amide bonds. The summed E-state index contributed by atoms with van der Waals surface area (Å²) in [5, 5.41) is 0. The first-order chi connectivity index (χ1) is 12.9. The van der Waals surface area contributed by atoms with Gasteiger partial charge in [-0.05, 0) is 44.2 Å². The molecule has 27 heavy (non-hydrogen) atoms. The van der Waals surface area contributed by atoms with Crippen LogP contribution in [-0.4, -0.2) is 51.0 Å². The Bertz CT molecular complexity index is 899. The van der Waals surface area contributed by atoms with Gasteiger partial charge in [-0.3, -0.25) is 4.79 Å². The van der Waals surface area contributed by atoms with Gasteiger partial charge in [0.25, 0.3) is 5.91 Å². The van der Waals surface area contributed by atoms with Gasteiger partial charge in [0.05, 0.1) is 17.6 Å². The van der Waals surface area contributed by atoms with Gasteiger partial charge in [0.2, 0.25) is 10.0 Å². The lowest BCUT2D eigenvalue weighted by Crippen LogP contribution is -2.44. The number of ether oxygens (including phenoxy) is 1. The summed E-state index contributed by atoms with van der Waals surface area (Å²) < 4.78 is 32.8. The van der Waals surface area contributed by atoms with Gasteiger partial charge in [-0.15, -0.1) is 0 Å². The number of amides is 1. The van der Waals surface area contributed by atoms with Crippen molar-refractivity contribution in [2.45, 2.75) is 24.8 Å². The van der Waals surface area contributed by atoms with Crippen LogP contribution >= 0.6 is 0 Å². The third-order valence-corrected chi connectivity index (χ3v) is 6.41. The van der Waals surface area contributed by atoms with E-state index in [0.717, 1.165) is 5.69 Å². The Labute approximate surface area is 160 Å². The average molecular weight is 388 g/mol. The summed E-state index contributed by atoms with van der Waals surface area (Å²) in [7, 11) is -3.67. The molecule has 1 saturated heterocycles. The first-order valence-electron chi connectivity index (χ1n) is 9.02. The predicted molar refractivity (Wildman–Crippen MR) is 104 cm³/mol. The molecule has 0 aromatic heterocycles. The minimum absolute atomic E-state index is 0.131. The zero-order valence-corrected chi connectivity index (χ0v) is 16.4. The molecule has 1 aliphatic heterocycles. The molecule has 7 heteroatoms. The van der Waals surface area contributed by atoms with Crippen LogP contribution in [0.2, 0.25) is 0 Å². The number of sulfonamides is 1. The quantitative estimate of drug-likeness (QED) is 0.790. The van der Waals surface area contributed by atoms with Crippen molar-refractivity contribution in [1.29, 1.82) is 0 Å². The van der Waals surface area contributed by atoms with Gasteiger partial charge in [-0.2, -0.15) is 4.31 Å². The Morgan fingerprint density at radius 2 is 1.93 bits per heavy atom. The molecule has 0 saturated carbocycles. The molecular formula is C20H24N2O4S. The molecule has 1 unspecified atom stereocenters. The Balaban J connectivity index is 1.89. The molecule has 0 bridgehead atoms. The first kappa shape index (κ1) is 19.5. The smallest absolute Gasteiger partial charge is 0.258 e. The Kier molecular flexibility index (Phi) is 5.94. The van der Waals surface area contributed by atoms with E-state index in [-0.39, 0.29) is 16.9 Å². The van der Waals surface area contributed by atoms with Gasteiger partial charge in [0.1, 0.15) is 0 Å². The van der Waals surface area contributed by atoms with Crippen LogP contribution in [0.5, 0.6) is 0 Å². The lowest BCUT2D eigenvalue weighted by atomic mass is 10.2. The number of para-hydroxylation sites is 1. The summed E-state index contributed by atoms with van der Waals surface area (Å²) >= 11 is 0. The fourth-order valence-electron chi connectivity index (χ4n) is 3.15. The maximum atomic E-state index is 13.0. The number of anilines is 1. The van der Waals surface area contributed by atoms with E-state index in [1.807, 2.05) is 44.2 Å². The monoisotopic (exact) mass is 388 g/mol. The van der Waals surface area contributed by atoms with Gasteiger partial charge in [0, 0.05) is 30.9 Å². The van der Waals surface area contributed by atoms with Crippen LogP contribution < -0.4 is 4.90 Å². The molecule has 1 atom stereocenters. The minimum atomic E-state index is -3.67. The van der Waals surface area contributed by atoms with Crippen molar-refractivity contribution in [3.8, 4) is 0 Å². The molecule has 2 aromatic rings. The number of hydrogen-bond acceptors (Lipinski definition) is 4. The van der Waals surface area contributed by atoms with Crippen molar-refractivity contribution in [2.75, 3.05) is 31.1 Å². The number of hydrogen-bond donors (Lipinski definition) is 0. The third kappa shape index (κ3) is 4.21. The summed E-state index contributed by atoms with van der Waals surface area (Å²) in [5.74, 6) is -0.226. The second-order valence-electron chi connectivity index (χ2n) is 6.46. The predicted octanol–water partition coefficient (Wildman–Crippen LogP) is 2.76. The number of morpholine rings is 1. The van der Waals surface area contributed by atoms with Crippen molar-refractivity contribution in [2.24, 2.45) is 0 Å². The van der Waals surface area contributed by atoms with E-state index in [4.69, 9.17) is 4.74 Å². The summed E-state index contributed by atoms with van der Waals surface area (Å²) in [4.78, 5) is 14.7. The minimum Gasteiger partial charge on any atom is -0.376 e. The normalized spacial score (nSPS) is 18.2. The van der Waals surface area contributed by atoms with E-state index in [9.17, 15) is 13.2 Å². The zero-order chi connectivity index (χ0) is 19.4. The first-order valence-corrected chi connectivity index (χ1v) is 10.5. The maximum Gasteiger partial charge on any atom is 0.258 e. The highest BCUT2D eigenvalue weighted by Gasteiger charge is 2.30. The van der Waals surface area contributed by atoms with Gasteiger partial charge in [-0.25, -0.2) is 8.42 Å². The van der Waals surface area contributed by atoms with E-state index in [1.54, 1.807) is 17.0 Å². The van der Waals surface area contributed by atoms with Crippen LogP contribution in [0, 0.1) is 0 Å². The molecule has 1 fully saturated rings. The Hall–Kier alpha value is -2.22. The van der Waals surface area contributed by atoms with Gasteiger partial charge in [0.15, 0.2) is 0 Å². The molecule has 1 aliphatic rings. The largest absolute Gasteiger partial charge is 0.376 e. The van der Waals surface area contributed by atoms with Crippen molar-refractivity contribution >= 4 is 21.6 Å². The standard InChI is InChI=1S/C20H24N2O4S/c1-3-22(18-9-5-4-6-10-18)20(23)17-8-7-11-19(14-17)27(24,25)21-12-13-26-16(2)15-21/h4-11,14,16H,3,12-13,15H2,1-2H3. The van der Waals surface area contributed by atoms with Crippen LogP contribution in [-0.2, 0) is 14.8 Å². The van der Waals surface area contributed by atoms with Crippen molar-refractivity contribution in [3.05, 3.63) is 60.2 Å². The maximum absolute atomic E-state index is 13.0. The van der Waals surface area contributed by atoms with Crippen LogP contribution in [0.4, 0.5) is 5.69 Å². The van der Waals surface area contributed by atoms with E-state index in [1.165, 1.54) is 16.4 Å². The van der Waals surface area contributed by atoms with Crippen LogP contribution in [0.25, 0.3) is 0 Å². The van der Waals surface area contributed by atoms with Crippen molar-refractivity contribution in [1.82, 2.24) is 4.31 Å². The number of rotatable bonds is 5. The molecule has 144 valence electrons. The lowest BCUT2D eigenvalue weighted by Gasteiger charge is -2.30. The zero-order valence-electron chi connectivity index (χ0n) is 15.5. The highest BCUT2D eigenvalue weighted by Crippen LogP contribution is 2.22. The molecule has 2 aromatic carbocycles. The number of nitrogens with zero attached hydrogens (tertiary/aromatic N) is 2. The Morgan fingerprint density at radius 1 is 1.19 bits per heavy atom. The number of benzene rings is 2. The van der Waals surface area contributed by atoms with E-state index in [2.05, 4.69) is 0 Å². The molecule has 0 N–H and O–H groups in total. The van der Waals surface area contributed by atoms with Crippen LogP contribution in [0.3, 0.4) is 0 Å². The molecule has 6 nitrogen and oxygen atoms in total. The average Bonchev–Trinajstić information content (AvgIpc) is 2.69. The molecular weight excluding hydrogens is 364 g/mol. The second kappa shape index (κ2) is 8.21. The van der Waals surface area contributed by atoms with E-state index in [0.29, 0.717) is 31.8 Å². The van der Waals surface area contributed by atoms with Crippen LogP contribution in [0.1, 0.15) is 24.2 Å².